The summed E-state index contributed by atoms with van der Waals surface area (Å²) >= 11 is 0. The third-order valence-corrected chi connectivity index (χ3v) is 17.4. The van der Waals surface area contributed by atoms with Crippen LogP contribution >= 0.6 is 0 Å². The standard InChI is InChI=1S/C80H49N14O/c1-49-38-57(40-58(39-49)86-48-72-71(47-85)91-78-76-74(87-67(43-81)68(44-82)89-76)75-77(79(78)92-72)90-70(46-84)69(45-83)88-75)56-24-32-62(33-25-56)94(61-30-22-55(23-31-61)52-16-10-5-11-17-52)64-36-37-80(2)66(42-64)65-41-63(34-35-73(65)95-80)93(59-26-18-53(19-27-59)50-12-6-3-7-13-50)60-28-20-54(21-29-60)51-14-8-4-9-15-51/h3-38,40-42,49,66H,39H2,1-2H3/q+1. The molecule has 0 bridgehead atoms. The molecule has 1 aliphatic heterocycles. The zero-order chi connectivity index (χ0) is 64.7. The highest BCUT2D eigenvalue weighted by Gasteiger charge is 2.45. The monoisotopic (exact) mass is 1220 g/mol. The van der Waals surface area contributed by atoms with Crippen molar-refractivity contribution in [2.45, 2.75) is 31.8 Å². The molecule has 3 aromatic heterocycles. The maximum Gasteiger partial charge on any atom is 0.343 e. The number of nitriles is 5. The van der Waals surface area contributed by atoms with Crippen molar-refractivity contribution in [3.8, 4) is 75.5 Å². The van der Waals surface area contributed by atoms with E-state index >= 15 is 0 Å². The number of fused-ring (bicyclic) bond motifs is 9. The van der Waals surface area contributed by atoms with E-state index in [1.807, 2.05) is 48.6 Å². The normalized spacial score (nSPS) is 15.8. The summed E-state index contributed by atoms with van der Waals surface area (Å²) in [4.78, 5) is 36.4. The fourth-order valence-corrected chi connectivity index (χ4v) is 12.8. The summed E-state index contributed by atoms with van der Waals surface area (Å²) in [5, 5.41) is 50.1. The maximum absolute atomic E-state index is 10.5. The van der Waals surface area contributed by atoms with Crippen molar-refractivity contribution in [3.05, 3.63) is 298 Å². The first-order chi connectivity index (χ1) is 46.6. The minimum absolute atomic E-state index is 0.00263. The third-order valence-electron chi connectivity index (χ3n) is 17.4. The van der Waals surface area contributed by atoms with Gasteiger partial charge in [0, 0.05) is 45.8 Å². The first kappa shape index (κ1) is 57.7. The summed E-state index contributed by atoms with van der Waals surface area (Å²) in [6, 6.07) is 85.1. The summed E-state index contributed by atoms with van der Waals surface area (Å²) in [7, 11) is 0. The highest BCUT2D eigenvalue weighted by Crippen LogP contribution is 2.52. The predicted molar refractivity (Wildman–Crippen MR) is 367 cm³/mol. The second kappa shape index (κ2) is 23.9. The van der Waals surface area contributed by atoms with E-state index in [1.165, 1.54) is 0 Å². The predicted octanol–water partition coefficient (Wildman–Crippen LogP) is 17.6. The Hall–Kier alpha value is -13.7. The second-order valence-corrected chi connectivity index (χ2v) is 23.4. The van der Waals surface area contributed by atoms with Gasteiger partial charge in [-0.3, -0.25) is 0 Å². The molecule has 3 atom stereocenters. The number of anilines is 5. The summed E-state index contributed by atoms with van der Waals surface area (Å²) in [6.45, 7) is 4.26. The molecule has 3 aliphatic rings. The van der Waals surface area contributed by atoms with E-state index in [0.717, 1.165) is 90.0 Å². The molecule has 15 nitrogen and oxygen atoms in total. The van der Waals surface area contributed by atoms with Crippen molar-refractivity contribution in [2.24, 2.45) is 5.92 Å². The van der Waals surface area contributed by atoms with E-state index < -0.39 is 5.60 Å². The van der Waals surface area contributed by atoms with E-state index in [9.17, 15) is 26.3 Å². The Morgan fingerprint density at radius 2 is 0.800 bits per heavy atom. The van der Waals surface area contributed by atoms with E-state index in [1.54, 1.807) is 0 Å². The first-order valence-corrected chi connectivity index (χ1v) is 30.7. The molecular weight excluding hydrogens is 1170 g/mol. The SMILES string of the molecule is CC1C=C(c2ccc(N(C3=CC4c5cc(N(c6ccc(-c7ccccc7)cc6)c6ccc(-c7ccccc7)cc6)ccc5OC4(C)C=C3)c3ccc(-c4ccccc4)cc3)cc2)C=C([N+]#Cc2nc3c4nc(C#N)c(C#N)nc4c4nc(C#N)c(C#N)nc4c3nc2C#N)C1. The lowest BCUT2D eigenvalue weighted by Gasteiger charge is -2.34. The summed E-state index contributed by atoms with van der Waals surface area (Å²) < 4.78 is 6.95. The van der Waals surface area contributed by atoms with Gasteiger partial charge in [0.05, 0.1) is 12.3 Å². The molecule has 444 valence electrons. The number of rotatable bonds is 10. The molecule has 0 radical (unpaired) electrons. The van der Waals surface area contributed by atoms with E-state index in [-0.39, 0.29) is 79.1 Å². The van der Waals surface area contributed by atoms with Crippen LogP contribution in [0.2, 0.25) is 0 Å². The number of allylic oxidation sites excluding steroid dienone is 5. The van der Waals surface area contributed by atoms with E-state index in [4.69, 9.17) is 14.6 Å². The quantitative estimate of drug-likeness (QED) is 0.116. The van der Waals surface area contributed by atoms with Crippen LogP contribution in [0.15, 0.2) is 248 Å². The van der Waals surface area contributed by atoms with Gasteiger partial charge in [-0.15, -0.1) is 0 Å². The molecule has 0 saturated carbocycles. The molecule has 15 heteroatoms. The average Bonchev–Trinajstić information content (AvgIpc) is 1.68. The zero-order valence-electron chi connectivity index (χ0n) is 51.0. The van der Waals surface area contributed by atoms with Crippen LogP contribution in [0, 0.1) is 68.6 Å². The second-order valence-electron chi connectivity index (χ2n) is 23.4. The van der Waals surface area contributed by atoms with Crippen molar-refractivity contribution in [1.82, 2.24) is 29.9 Å². The van der Waals surface area contributed by atoms with Crippen molar-refractivity contribution in [2.75, 3.05) is 9.80 Å². The zero-order valence-corrected chi connectivity index (χ0v) is 51.0. The lowest BCUT2D eigenvalue weighted by molar-refractivity contribution is 0.155. The third kappa shape index (κ3) is 10.6. The Labute approximate surface area is 546 Å². The van der Waals surface area contributed by atoms with Crippen LogP contribution in [-0.2, 0) is 0 Å². The first-order valence-electron chi connectivity index (χ1n) is 30.7. The maximum atomic E-state index is 10.5. The number of hydrogen-bond donors (Lipinski definition) is 0. The highest BCUT2D eigenvalue weighted by molar-refractivity contribution is 6.18. The molecule has 4 heterocycles. The topological polar surface area (TPSA) is 216 Å². The fourth-order valence-electron chi connectivity index (χ4n) is 12.8. The summed E-state index contributed by atoms with van der Waals surface area (Å²) in [6.07, 6.45) is 11.4. The Kier molecular flexibility index (Phi) is 14.5. The molecule has 0 saturated heterocycles. The molecule has 2 aliphatic carbocycles. The Balaban J connectivity index is 0.783. The Morgan fingerprint density at radius 1 is 0.432 bits per heavy atom. The van der Waals surface area contributed by atoms with Crippen molar-refractivity contribution in [1.29, 1.82) is 26.3 Å². The summed E-state index contributed by atoms with van der Waals surface area (Å²) in [5.41, 5.74) is 14.4. The lowest BCUT2D eigenvalue weighted by atomic mass is 9.81. The molecule has 12 aromatic rings. The average molecular weight is 1220 g/mol. The molecule has 95 heavy (non-hydrogen) atoms. The van der Waals surface area contributed by atoms with Gasteiger partial charge in [-0.2, -0.15) is 26.3 Å². The number of nitrogens with zero attached hydrogens (tertiary/aromatic N) is 14. The molecular formula is C80H49N14O+. The molecule has 0 spiro atoms. The van der Waals surface area contributed by atoms with Gasteiger partial charge in [-0.25, -0.2) is 29.9 Å². The van der Waals surface area contributed by atoms with Crippen LogP contribution in [0.1, 0.15) is 71.5 Å². The van der Waals surface area contributed by atoms with Crippen LogP contribution in [0.5, 0.6) is 5.75 Å². The number of benzene rings is 9. The van der Waals surface area contributed by atoms with E-state index in [0.29, 0.717) is 12.1 Å². The minimum atomic E-state index is -0.673. The summed E-state index contributed by atoms with van der Waals surface area (Å²) in [5.74, 6) is 0.717. The van der Waals surface area contributed by atoms with Crippen LogP contribution in [-0.4, -0.2) is 35.5 Å². The van der Waals surface area contributed by atoms with Gasteiger partial charge in [0.2, 0.25) is 5.69 Å². The van der Waals surface area contributed by atoms with Gasteiger partial charge >= 0.3 is 11.8 Å². The lowest BCUT2D eigenvalue weighted by Crippen LogP contribution is -2.34. The van der Waals surface area contributed by atoms with Gasteiger partial charge in [0.1, 0.15) is 74.8 Å². The highest BCUT2D eigenvalue weighted by atomic mass is 16.5. The van der Waals surface area contributed by atoms with Crippen molar-refractivity contribution < 1.29 is 4.74 Å². The number of hydrogen-bond acceptors (Lipinski definition) is 14. The van der Waals surface area contributed by atoms with Crippen LogP contribution < -0.4 is 14.5 Å². The fraction of sp³-hybridized carbons (Fsp3) is 0.0750. The molecule has 0 amide bonds. The van der Waals surface area contributed by atoms with E-state index in [2.05, 4.69) is 273 Å². The molecule has 0 N–H and O–H groups in total. The van der Waals surface area contributed by atoms with Gasteiger partial charge in [-0.1, -0.05) is 153 Å². The Bertz CT molecular complexity index is 5440. The van der Waals surface area contributed by atoms with Gasteiger partial charge < -0.3 is 14.5 Å². The van der Waals surface area contributed by atoms with Crippen LogP contribution in [0.3, 0.4) is 0 Å². The van der Waals surface area contributed by atoms with Crippen LogP contribution in [0.4, 0.5) is 28.4 Å². The van der Waals surface area contributed by atoms with Crippen molar-refractivity contribution >= 4 is 67.1 Å². The Morgan fingerprint density at radius 3 is 1.22 bits per heavy atom. The van der Waals surface area contributed by atoms with Gasteiger partial charge in [-0.05, 0) is 147 Å². The largest absolute Gasteiger partial charge is 0.482 e. The number of ether oxygens (including phenoxy) is 1. The molecule has 3 unspecified atom stereocenters. The smallest absolute Gasteiger partial charge is 0.343 e. The molecule has 0 fully saturated rings. The van der Waals surface area contributed by atoms with Crippen LogP contribution in [0.25, 0.3) is 76.9 Å². The molecule has 9 aromatic carbocycles. The van der Waals surface area contributed by atoms with Crippen molar-refractivity contribution in [3.63, 3.8) is 0 Å². The molecule has 15 rings (SSSR count). The minimum Gasteiger partial charge on any atom is -0.482 e. The van der Waals surface area contributed by atoms with Gasteiger partial charge in [0.25, 0.3) is 0 Å². The van der Waals surface area contributed by atoms with Gasteiger partial charge in [0.15, 0.2) is 28.5 Å². The number of aromatic nitrogens is 6.